The Balaban J connectivity index is 3.56. The average molecular weight is 784 g/mol. The summed E-state index contributed by atoms with van der Waals surface area (Å²) in [5, 5.41) is 0. The van der Waals surface area contributed by atoms with E-state index in [9.17, 15) is 97.0 Å². The summed E-state index contributed by atoms with van der Waals surface area (Å²) in [7, 11) is 3.10. The van der Waals surface area contributed by atoms with Crippen molar-refractivity contribution in [3.8, 4) is 17.2 Å². The van der Waals surface area contributed by atoms with E-state index in [1.807, 2.05) is 0 Å². The molecule has 1 rings (SSSR count). The van der Waals surface area contributed by atoms with Crippen LogP contribution in [0.3, 0.4) is 0 Å². The van der Waals surface area contributed by atoms with Crippen LogP contribution in [-0.2, 0) is 9.53 Å². The van der Waals surface area contributed by atoms with Crippen LogP contribution in [-0.4, -0.2) is 87.0 Å². The minimum Gasteiger partial charge on any atom is -0.493 e. The van der Waals surface area contributed by atoms with Crippen molar-refractivity contribution in [2.45, 2.75) is 72.5 Å². The Hall–Kier alpha value is -3.64. The molecule has 5 nitrogen and oxygen atoms in total. The fourth-order valence-electron chi connectivity index (χ4n) is 3.44. The molecule has 0 radical (unpaired) electrons. The Morgan fingerprint density at radius 3 is 1.24 bits per heavy atom. The summed E-state index contributed by atoms with van der Waals surface area (Å²) in [4.78, 5) is 11.7. The molecule has 1 aromatic rings. The number of carbonyl (C=O) groups is 1. The molecule has 0 saturated heterocycles. The van der Waals surface area contributed by atoms with E-state index in [-0.39, 0.29) is 28.9 Å². The first-order valence-corrected chi connectivity index (χ1v) is 12.2. The van der Waals surface area contributed by atoms with Crippen molar-refractivity contribution in [1.82, 2.24) is 0 Å². The van der Waals surface area contributed by atoms with Crippen molar-refractivity contribution in [2.75, 3.05) is 21.3 Å². The zero-order chi connectivity index (χ0) is 40.0. The monoisotopic (exact) mass is 784 g/mol. The number of hydrogen-bond acceptors (Lipinski definition) is 5. The molecule has 0 aliphatic rings. The van der Waals surface area contributed by atoms with Gasteiger partial charge in [0.15, 0.2) is 11.5 Å². The average Bonchev–Trinajstić information content (AvgIpc) is 2.96. The minimum atomic E-state index is -9.16. The largest absolute Gasteiger partial charge is 0.493 e. The lowest BCUT2D eigenvalue weighted by Gasteiger charge is -2.44. The van der Waals surface area contributed by atoms with Gasteiger partial charge in [-0.3, -0.25) is 0 Å². The van der Waals surface area contributed by atoms with Crippen molar-refractivity contribution in [2.24, 2.45) is 0 Å². The van der Waals surface area contributed by atoms with Crippen LogP contribution < -0.4 is 14.2 Å². The van der Waals surface area contributed by atoms with Crippen molar-refractivity contribution >= 4 is 12.0 Å². The summed E-state index contributed by atoms with van der Waals surface area (Å²) in [6.45, 7) is 0. The fourth-order valence-corrected chi connectivity index (χ4v) is 3.44. The Morgan fingerprint density at radius 1 is 0.540 bits per heavy atom. The topological polar surface area (TPSA) is 54.0 Å². The third-order valence-corrected chi connectivity index (χ3v) is 6.24. The fraction of sp³-hybridized carbons (Fsp3) is 0.625. The molecule has 290 valence electrons. The van der Waals surface area contributed by atoms with Gasteiger partial charge < -0.3 is 18.9 Å². The summed E-state index contributed by atoms with van der Waals surface area (Å²) in [5.74, 6) is -72.4. The van der Waals surface area contributed by atoms with Crippen LogP contribution in [0, 0.1) is 0 Å². The van der Waals surface area contributed by atoms with Gasteiger partial charge in [-0.25, -0.2) is 4.79 Å². The standard InChI is InChI=1S/C24H17F21O5/c1-47-11-8-10(9-12(48-2)14(11)49-3)4-5-13(46)50-24(44,45)23(42,43)22(40,41)21(38,39)20(36,37)19(34,35)18(32,33)17(30,31)15(25,26)6-7-16(27,28)29/h4-5,8-9H,6-7H2,1-3H3. The number of benzene rings is 1. The molecule has 0 bridgehead atoms. The molecule has 0 aliphatic heterocycles. The lowest BCUT2D eigenvalue weighted by molar-refractivity contribution is -0.474. The maximum absolute atomic E-state index is 14.1. The molecule has 0 unspecified atom stereocenters. The van der Waals surface area contributed by atoms with Crippen molar-refractivity contribution in [3.05, 3.63) is 23.8 Å². The molecule has 0 fully saturated rings. The van der Waals surface area contributed by atoms with Crippen LogP contribution in [0.15, 0.2) is 18.2 Å². The van der Waals surface area contributed by atoms with E-state index < -0.39 is 78.5 Å². The third-order valence-electron chi connectivity index (χ3n) is 6.24. The van der Waals surface area contributed by atoms with E-state index in [2.05, 4.69) is 4.74 Å². The molecule has 0 aromatic heterocycles. The first-order chi connectivity index (χ1) is 22.0. The highest BCUT2D eigenvalue weighted by Gasteiger charge is 2.96. The number of methoxy groups -OCH3 is 3. The zero-order valence-electron chi connectivity index (χ0n) is 24.2. The SMILES string of the molecule is COc1cc(C=CC(=O)OC(F)(F)C(F)(F)C(F)(F)C(F)(F)C(F)(F)C(F)(F)C(F)(F)C(F)(F)C(F)(F)CCC(F)(F)F)cc(OC)c1OC. The van der Waals surface area contributed by atoms with Gasteiger partial charge in [-0.15, -0.1) is 0 Å². The highest BCUT2D eigenvalue weighted by atomic mass is 19.4. The Labute approximate surface area is 263 Å². The van der Waals surface area contributed by atoms with Gasteiger partial charge in [0.2, 0.25) is 5.75 Å². The van der Waals surface area contributed by atoms with Gasteiger partial charge in [0.05, 0.1) is 21.3 Å². The summed E-state index contributed by atoms with van der Waals surface area (Å²) in [5.41, 5.74) is -0.382. The number of hydrogen-bond donors (Lipinski definition) is 0. The normalized spacial score (nSPS) is 15.0. The first-order valence-electron chi connectivity index (χ1n) is 12.2. The summed E-state index contributed by atoms with van der Waals surface area (Å²) >= 11 is 0. The van der Waals surface area contributed by atoms with Crippen molar-refractivity contribution in [3.63, 3.8) is 0 Å². The highest BCUT2D eigenvalue weighted by molar-refractivity contribution is 5.87. The van der Waals surface area contributed by atoms with E-state index in [1.165, 1.54) is 0 Å². The lowest BCUT2D eigenvalue weighted by Crippen LogP contribution is -2.76. The molecule has 0 saturated carbocycles. The van der Waals surface area contributed by atoms with Crippen molar-refractivity contribution in [1.29, 1.82) is 0 Å². The smallest absolute Gasteiger partial charge is 0.473 e. The third kappa shape index (κ3) is 7.24. The van der Waals surface area contributed by atoms with Gasteiger partial charge in [0.1, 0.15) is 0 Å². The number of halogens is 21. The molecule has 0 heterocycles. The number of rotatable bonds is 16. The van der Waals surface area contributed by atoms with E-state index in [0.717, 1.165) is 33.5 Å². The second-order valence-corrected chi connectivity index (χ2v) is 9.57. The molecule has 0 amide bonds. The predicted molar refractivity (Wildman–Crippen MR) is 121 cm³/mol. The first kappa shape index (κ1) is 44.4. The van der Waals surface area contributed by atoms with E-state index >= 15 is 0 Å². The van der Waals surface area contributed by atoms with E-state index in [1.54, 1.807) is 0 Å². The van der Waals surface area contributed by atoms with Gasteiger partial charge in [-0.05, 0) is 23.8 Å². The molecular formula is C24H17F21O5. The van der Waals surface area contributed by atoms with Crippen LogP contribution in [0.4, 0.5) is 92.2 Å². The molecule has 0 aliphatic carbocycles. The molecule has 50 heavy (non-hydrogen) atoms. The van der Waals surface area contributed by atoms with Gasteiger partial charge >= 0.3 is 65.6 Å². The van der Waals surface area contributed by atoms with Crippen LogP contribution in [0.1, 0.15) is 18.4 Å². The Morgan fingerprint density at radius 2 is 0.900 bits per heavy atom. The predicted octanol–water partition coefficient (Wildman–Crippen LogP) is 9.29. The molecule has 26 heteroatoms. The molecule has 1 aromatic carbocycles. The molecule has 0 atom stereocenters. The highest BCUT2D eigenvalue weighted by Crippen LogP contribution is 2.65. The summed E-state index contributed by atoms with van der Waals surface area (Å²) < 4.78 is 303. The lowest BCUT2D eigenvalue weighted by atomic mass is 9.86. The molecule has 0 N–H and O–H groups in total. The number of carbonyl (C=O) groups excluding carboxylic acids is 1. The molecule has 0 spiro atoms. The van der Waals surface area contributed by atoms with Crippen molar-refractivity contribution < 1.29 is 116 Å². The summed E-state index contributed by atoms with van der Waals surface area (Å²) in [6.07, 6.45) is -20.4. The van der Waals surface area contributed by atoms with Crippen LogP contribution in [0.25, 0.3) is 6.08 Å². The van der Waals surface area contributed by atoms with Crippen LogP contribution in [0.5, 0.6) is 17.2 Å². The summed E-state index contributed by atoms with van der Waals surface area (Å²) in [6, 6.07) is 1.78. The maximum Gasteiger partial charge on any atom is 0.473 e. The number of alkyl halides is 21. The second kappa shape index (κ2) is 13.5. The number of esters is 1. The van der Waals surface area contributed by atoms with Gasteiger partial charge in [0.25, 0.3) is 0 Å². The quantitative estimate of drug-likeness (QED) is 0.0951. The van der Waals surface area contributed by atoms with Gasteiger partial charge in [-0.1, -0.05) is 0 Å². The Bertz CT molecular complexity index is 1380. The van der Waals surface area contributed by atoms with Gasteiger partial charge in [-0.2, -0.15) is 92.2 Å². The zero-order valence-corrected chi connectivity index (χ0v) is 24.2. The minimum absolute atomic E-state index is 0.150. The van der Waals surface area contributed by atoms with Crippen LogP contribution in [0.2, 0.25) is 0 Å². The molecular weight excluding hydrogens is 767 g/mol. The van der Waals surface area contributed by atoms with Crippen LogP contribution >= 0.6 is 0 Å². The number of ether oxygens (including phenoxy) is 4. The maximum atomic E-state index is 14.1. The van der Waals surface area contributed by atoms with E-state index in [0.29, 0.717) is 6.08 Å². The second-order valence-electron chi connectivity index (χ2n) is 9.57. The van der Waals surface area contributed by atoms with E-state index in [4.69, 9.17) is 14.2 Å². The Kier molecular flexibility index (Phi) is 12.0. The van der Waals surface area contributed by atoms with Gasteiger partial charge in [0, 0.05) is 18.9 Å².